The van der Waals surface area contributed by atoms with Gasteiger partial charge < -0.3 is 19.9 Å². The first-order valence-electron chi connectivity index (χ1n) is 10.5. The quantitative estimate of drug-likeness (QED) is 0.630. The van der Waals surface area contributed by atoms with Crippen LogP contribution in [0.5, 0.6) is 0 Å². The van der Waals surface area contributed by atoms with Crippen LogP contribution in [-0.4, -0.2) is 56.0 Å². The molecule has 2 fully saturated rings. The molecule has 0 spiro atoms. The van der Waals surface area contributed by atoms with Crippen LogP contribution in [0.1, 0.15) is 27.5 Å². The number of carbonyl (C=O) groups is 2. The van der Waals surface area contributed by atoms with Crippen molar-refractivity contribution in [3.05, 3.63) is 77.0 Å². The van der Waals surface area contributed by atoms with Crippen LogP contribution >= 0.6 is 0 Å². The van der Waals surface area contributed by atoms with E-state index in [0.717, 1.165) is 38.4 Å². The van der Waals surface area contributed by atoms with Gasteiger partial charge in [-0.15, -0.1) is 0 Å². The molecule has 0 aromatic heterocycles. The molecule has 0 radical (unpaired) electrons. The zero-order valence-corrected chi connectivity index (χ0v) is 16.8. The molecule has 3 heterocycles. The van der Waals surface area contributed by atoms with E-state index in [1.807, 2.05) is 41.3 Å². The Kier molecular flexibility index (Phi) is 5.01. The average molecular weight is 403 g/mol. The Morgan fingerprint density at radius 1 is 1.03 bits per heavy atom. The van der Waals surface area contributed by atoms with Crippen LogP contribution in [0.3, 0.4) is 0 Å². The van der Waals surface area contributed by atoms with Gasteiger partial charge in [0.2, 0.25) is 0 Å². The minimum Gasteiger partial charge on any atom is -0.378 e. The number of hydrogen-bond donors (Lipinski definition) is 1. The van der Waals surface area contributed by atoms with Gasteiger partial charge in [-0.2, -0.15) is 0 Å². The number of fused-ring (bicyclic) bond motifs is 3. The number of piperazine rings is 1. The monoisotopic (exact) mass is 403 g/mol. The number of nitrogens with zero attached hydrogens (tertiary/aromatic N) is 2. The number of carbonyl (C=O) groups excluding carboxylic acids is 2. The maximum atomic E-state index is 13.0. The molecule has 0 saturated carbocycles. The Labute approximate surface area is 176 Å². The molecule has 0 aliphatic carbocycles. The number of ketones is 1. The van der Waals surface area contributed by atoms with Crippen molar-refractivity contribution in [3.8, 4) is 0 Å². The minimum absolute atomic E-state index is 0.0301. The van der Waals surface area contributed by atoms with E-state index in [4.69, 9.17) is 4.74 Å². The number of anilines is 1. The highest BCUT2D eigenvalue weighted by Crippen LogP contribution is 2.32. The number of hydrogen-bond acceptors (Lipinski definition) is 5. The second-order valence-corrected chi connectivity index (χ2v) is 7.91. The van der Waals surface area contributed by atoms with Crippen LogP contribution in [0.2, 0.25) is 0 Å². The van der Waals surface area contributed by atoms with Crippen LogP contribution in [0, 0.1) is 0 Å². The van der Waals surface area contributed by atoms with Crippen molar-refractivity contribution in [2.45, 2.75) is 12.5 Å². The van der Waals surface area contributed by atoms with Crippen molar-refractivity contribution >= 4 is 17.4 Å². The summed E-state index contributed by atoms with van der Waals surface area (Å²) in [4.78, 5) is 29.9. The van der Waals surface area contributed by atoms with Crippen LogP contribution in [-0.2, 0) is 16.0 Å². The summed E-state index contributed by atoms with van der Waals surface area (Å²) in [6.45, 7) is 4.47. The average Bonchev–Trinajstić information content (AvgIpc) is 2.81. The molecular formula is C24H25N3O3. The molecule has 1 N–H and O–H groups in total. The lowest BCUT2D eigenvalue weighted by Crippen LogP contribution is -2.51. The molecule has 1 unspecified atom stereocenters. The van der Waals surface area contributed by atoms with Gasteiger partial charge in [-0.1, -0.05) is 24.3 Å². The fourth-order valence-corrected chi connectivity index (χ4v) is 4.54. The molecule has 1 atom stereocenters. The summed E-state index contributed by atoms with van der Waals surface area (Å²) >= 11 is 0. The van der Waals surface area contributed by atoms with Gasteiger partial charge in [0, 0.05) is 43.5 Å². The van der Waals surface area contributed by atoms with Crippen LogP contribution < -0.4 is 10.2 Å². The number of amides is 1. The molecule has 2 saturated heterocycles. The Balaban J connectivity index is 1.31. The predicted molar refractivity (Wildman–Crippen MR) is 114 cm³/mol. The summed E-state index contributed by atoms with van der Waals surface area (Å²) in [6, 6.07) is 15.9. The number of allylic oxidation sites excluding steroid dienone is 1. The number of benzene rings is 2. The van der Waals surface area contributed by atoms with Gasteiger partial charge in [0.25, 0.3) is 5.91 Å². The smallest absolute Gasteiger partial charge is 0.270 e. The Morgan fingerprint density at radius 2 is 1.80 bits per heavy atom. The summed E-state index contributed by atoms with van der Waals surface area (Å²) in [7, 11) is 0. The third kappa shape index (κ3) is 3.48. The van der Waals surface area contributed by atoms with E-state index in [1.54, 1.807) is 0 Å². The van der Waals surface area contributed by atoms with Crippen molar-refractivity contribution in [1.29, 1.82) is 0 Å². The molecule has 6 heteroatoms. The third-order valence-corrected chi connectivity index (χ3v) is 6.19. The highest BCUT2D eigenvalue weighted by atomic mass is 16.5. The van der Waals surface area contributed by atoms with Crippen molar-refractivity contribution < 1.29 is 14.3 Å². The van der Waals surface area contributed by atoms with E-state index in [-0.39, 0.29) is 17.7 Å². The maximum Gasteiger partial charge on any atom is 0.270 e. The summed E-state index contributed by atoms with van der Waals surface area (Å²) in [5.41, 5.74) is 4.56. The second kappa shape index (κ2) is 7.95. The van der Waals surface area contributed by atoms with Gasteiger partial charge in [-0.05, 0) is 41.8 Å². The number of ether oxygens (including phenoxy) is 1. The van der Waals surface area contributed by atoms with E-state index in [1.165, 1.54) is 17.2 Å². The molecule has 1 amide bonds. The SMILES string of the molecule is O=C(C=C1NCC2c3ccccc3CCN2C1=O)c1ccc(N2CCOCC2)cc1. The molecule has 30 heavy (non-hydrogen) atoms. The van der Waals surface area contributed by atoms with E-state index < -0.39 is 0 Å². The van der Waals surface area contributed by atoms with Crippen molar-refractivity contribution in [2.24, 2.45) is 0 Å². The topological polar surface area (TPSA) is 61.9 Å². The summed E-state index contributed by atoms with van der Waals surface area (Å²) in [5, 5.41) is 3.20. The second-order valence-electron chi connectivity index (χ2n) is 7.91. The Bertz CT molecular complexity index is 993. The molecule has 6 nitrogen and oxygen atoms in total. The molecule has 2 aromatic carbocycles. The lowest BCUT2D eigenvalue weighted by molar-refractivity contribution is -0.132. The molecule has 154 valence electrons. The Hall–Kier alpha value is -3.12. The number of nitrogens with one attached hydrogen (secondary N) is 1. The van der Waals surface area contributed by atoms with Crippen LogP contribution in [0.25, 0.3) is 0 Å². The van der Waals surface area contributed by atoms with Gasteiger partial charge in [0.05, 0.1) is 19.3 Å². The zero-order chi connectivity index (χ0) is 20.5. The van der Waals surface area contributed by atoms with Gasteiger partial charge in [-0.25, -0.2) is 0 Å². The summed E-state index contributed by atoms with van der Waals surface area (Å²) in [5.74, 6) is -0.255. The first-order chi connectivity index (χ1) is 14.7. The van der Waals surface area contributed by atoms with E-state index >= 15 is 0 Å². The van der Waals surface area contributed by atoms with Crippen molar-refractivity contribution in [2.75, 3.05) is 44.3 Å². The van der Waals surface area contributed by atoms with Crippen molar-refractivity contribution in [1.82, 2.24) is 10.2 Å². The van der Waals surface area contributed by atoms with Crippen LogP contribution in [0.15, 0.2) is 60.3 Å². The minimum atomic E-state index is -0.157. The summed E-state index contributed by atoms with van der Waals surface area (Å²) in [6.07, 6.45) is 2.30. The fraction of sp³-hybridized carbons (Fsp3) is 0.333. The zero-order valence-electron chi connectivity index (χ0n) is 16.8. The fourth-order valence-electron chi connectivity index (χ4n) is 4.54. The molecule has 0 bridgehead atoms. The molecule has 2 aromatic rings. The molecular weight excluding hydrogens is 378 g/mol. The highest BCUT2D eigenvalue weighted by molar-refractivity contribution is 6.09. The standard InChI is InChI=1S/C24H25N3O3/c28-23(18-5-7-19(8-6-18)26-11-13-30-14-12-26)15-21-24(29)27-10-9-17-3-1-2-4-20(17)22(27)16-25-21/h1-8,15,22,25H,9-14,16H2. The Morgan fingerprint density at radius 3 is 2.60 bits per heavy atom. The van der Waals surface area contributed by atoms with Gasteiger partial charge in [0.1, 0.15) is 5.70 Å². The van der Waals surface area contributed by atoms with E-state index in [2.05, 4.69) is 22.3 Å². The molecule has 5 rings (SSSR count). The van der Waals surface area contributed by atoms with Gasteiger partial charge >= 0.3 is 0 Å². The lowest BCUT2D eigenvalue weighted by atomic mass is 9.90. The van der Waals surface area contributed by atoms with E-state index in [0.29, 0.717) is 24.4 Å². The summed E-state index contributed by atoms with van der Waals surface area (Å²) < 4.78 is 5.39. The maximum absolute atomic E-state index is 13.0. The third-order valence-electron chi connectivity index (χ3n) is 6.19. The largest absolute Gasteiger partial charge is 0.378 e. The number of morpholine rings is 1. The molecule has 3 aliphatic heterocycles. The predicted octanol–water partition coefficient (Wildman–Crippen LogP) is 2.32. The first kappa shape index (κ1) is 18.9. The highest BCUT2D eigenvalue weighted by Gasteiger charge is 2.36. The molecule has 3 aliphatic rings. The van der Waals surface area contributed by atoms with Crippen molar-refractivity contribution in [3.63, 3.8) is 0 Å². The van der Waals surface area contributed by atoms with Gasteiger partial charge in [-0.3, -0.25) is 9.59 Å². The first-order valence-corrected chi connectivity index (χ1v) is 10.5. The van der Waals surface area contributed by atoms with Gasteiger partial charge in [0.15, 0.2) is 5.78 Å². The number of rotatable bonds is 3. The normalized spacial score (nSPS) is 22.3. The van der Waals surface area contributed by atoms with Crippen LogP contribution in [0.4, 0.5) is 5.69 Å². The van der Waals surface area contributed by atoms with E-state index in [9.17, 15) is 9.59 Å². The lowest BCUT2D eigenvalue weighted by Gasteiger charge is -2.41.